The molecule has 0 aromatic rings. The predicted molar refractivity (Wildman–Crippen MR) is 65.2 cm³/mol. The van der Waals surface area contributed by atoms with Crippen LogP contribution < -0.4 is 10.6 Å². The maximum absolute atomic E-state index is 11.3. The number of hydrogen-bond acceptors (Lipinski definition) is 4. The normalized spacial score (nSPS) is 14.7. The zero-order valence-electron chi connectivity index (χ0n) is 9.80. The van der Waals surface area contributed by atoms with Gasteiger partial charge in [0.1, 0.15) is 0 Å². The van der Waals surface area contributed by atoms with Crippen LogP contribution in [-0.2, 0) is 4.79 Å². The predicted octanol–water partition coefficient (Wildman–Crippen LogP) is 0.216. The Morgan fingerprint density at radius 2 is 2.20 bits per heavy atom. The van der Waals surface area contributed by atoms with Crippen LogP contribution in [-0.4, -0.2) is 48.3 Å². The molecule has 0 saturated carbocycles. The topological polar surface area (TPSA) is 61.4 Å². The van der Waals surface area contributed by atoms with E-state index < -0.39 is 5.60 Å². The summed E-state index contributed by atoms with van der Waals surface area (Å²) < 4.78 is 0. The van der Waals surface area contributed by atoms with Crippen LogP contribution in [0.4, 0.5) is 0 Å². The van der Waals surface area contributed by atoms with Gasteiger partial charge >= 0.3 is 0 Å². The van der Waals surface area contributed by atoms with Gasteiger partial charge in [-0.3, -0.25) is 4.79 Å². The molecule has 1 amide bonds. The largest absolute Gasteiger partial charge is 0.387 e. The van der Waals surface area contributed by atoms with Crippen molar-refractivity contribution in [1.29, 1.82) is 0 Å². The number of aliphatic hydroxyl groups is 1. The quantitative estimate of drug-likeness (QED) is 0.526. The summed E-state index contributed by atoms with van der Waals surface area (Å²) in [5.74, 6) is 0.609. The Morgan fingerprint density at radius 1 is 1.53 bits per heavy atom. The summed E-state index contributed by atoms with van der Waals surface area (Å²) in [6, 6.07) is 0. The Bertz CT molecular complexity index is 186. The number of rotatable bonds is 8. The maximum Gasteiger partial charge on any atom is 0.221 e. The van der Waals surface area contributed by atoms with Crippen LogP contribution in [0, 0.1) is 0 Å². The Labute approximate surface area is 96.2 Å². The van der Waals surface area contributed by atoms with E-state index in [9.17, 15) is 9.90 Å². The number of carbonyl (C=O) groups is 1. The fraction of sp³-hybridized carbons (Fsp3) is 0.900. The first-order valence-corrected chi connectivity index (χ1v) is 6.60. The highest BCUT2D eigenvalue weighted by molar-refractivity contribution is 7.98. The molecule has 0 radical (unpaired) electrons. The zero-order valence-corrected chi connectivity index (χ0v) is 10.6. The van der Waals surface area contributed by atoms with Gasteiger partial charge in [-0.15, -0.1) is 0 Å². The van der Waals surface area contributed by atoms with Crippen LogP contribution in [0.1, 0.15) is 20.3 Å². The van der Waals surface area contributed by atoms with Crippen LogP contribution in [0.15, 0.2) is 0 Å². The molecule has 0 aliphatic carbocycles. The molecule has 5 heteroatoms. The Balaban J connectivity index is 3.60. The van der Waals surface area contributed by atoms with Crippen molar-refractivity contribution >= 4 is 17.7 Å². The Morgan fingerprint density at radius 3 is 2.73 bits per heavy atom. The van der Waals surface area contributed by atoms with Gasteiger partial charge in [0, 0.05) is 25.3 Å². The number of amides is 1. The minimum atomic E-state index is -0.812. The molecule has 0 heterocycles. The molecule has 1 unspecified atom stereocenters. The molecule has 90 valence electrons. The maximum atomic E-state index is 11.3. The van der Waals surface area contributed by atoms with Crippen LogP contribution in [0.3, 0.4) is 0 Å². The van der Waals surface area contributed by atoms with E-state index in [1.807, 2.05) is 13.2 Å². The van der Waals surface area contributed by atoms with Gasteiger partial charge in [-0.2, -0.15) is 11.8 Å². The summed E-state index contributed by atoms with van der Waals surface area (Å²) in [4.78, 5) is 11.3. The second-order valence-corrected chi connectivity index (χ2v) is 4.68. The number of thioether (sulfide) groups is 1. The van der Waals surface area contributed by atoms with Crippen LogP contribution in [0.2, 0.25) is 0 Å². The van der Waals surface area contributed by atoms with Gasteiger partial charge in [0.2, 0.25) is 5.91 Å². The molecule has 0 aliphatic heterocycles. The summed E-state index contributed by atoms with van der Waals surface area (Å²) in [6.45, 7) is 5.61. The van der Waals surface area contributed by atoms with Crippen molar-refractivity contribution < 1.29 is 9.90 Å². The zero-order chi connectivity index (χ0) is 11.7. The fourth-order valence-corrected chi connectivity index (χ4v) is 1.84. The van der Waals surface area contributed by atoms with Crippen LogP contribution in [0.25, 0.3) is 0 Å². The summed E-state index contributed by atoms with van der Waals surface area (Å²) >= 11 is 1.57. The van der Waals surface area contributed by atoms with Gasteiger partial charge in [0.25, 0.3) is 0 Å². The van der Waals surface area contributed by atoms with Gasteiger partial charge in [-0.25, -0.2) is 0 Å². The van der Waals surface area contributed by atoms with Gasteiger partial charge in [0.15, 0.2) is 0 Å². The van der Waals surface area contributed by atoms with Gasteiger partial charge in [-0.05, 0) is 19.7 Å². The molecule has 0 fully saturated rings. The summed E-state index contributed by atoms with van der Waals surface area (Å²) in [6.07, 6.45) is 2.39. The van der Waals surface area contributed by atoms with Gasteiger partial charge in [-0.1, -0.05) is 6.92 Å². The van der Waals surface area contributed by atoms with Crippen molar-refractivity contribution in [2.24, 2.45) is 0 Å². The van der Waals surface area contributed by atoms with Crippen molar-refractivity contribution in [1.82, 2.24) is 10.6 Å². The molecular formula is C10H22N2O2S. The third kappa shape index (κ3) is 8.72. The van der Waals surface area contributed by atoms with Gasteiger partial charge < -0.3 is 15.7 Å². The third-order valence-corrected chi connectivity index (χ3v) is 2.81. The van der Waals surface area contributed by atoms with E-state index in [0.717, 1.165) is 6.54 Å². The molecule has 0 spiro atoms. The van der Waals surface area contributed by atoms with Crippen molar-refractivity contribution in [3.8, 4) is 0 Å². The molecular weight excluding hydrogens is 212 g/mol. The first kappa shape index (κ1) is 14.7. The third-order valence-electron chi connectivity index (χ3n) is 1.90. The van der Waals surface area contributed by atoms with Crippen molar-refractivity contribution in [3.63, 3.8) is 0 Å². The molecule has 0 rings (SSSR count). The highest BCUT2D eigenvalue weighted by Gasteiger charge is 2.19. The lowest BCUT2D eigenvalue weighted by atomic mass is 10.1. The van der Waals surface area contributed by atoms with Crippen molar-refractivity contribution in [3.05, 3.63) is 0 Å². The monoisotopic (exact) mass is 234 g/mol. The number of carbonyl (C=O) groups excluding carboxylic acids is 1. The van der Waals surface area contributed by atoms with Crippen LogP contribution >= 0.6 is 11.8 Å². The highest BCUT2D eigenvalue weighted by Crippen LogP contribution is 2.08. The minimum absolute atomic E-state index is 0.0164. The first-order chi connectivity index (χ1) is 7.02. The number of nitrogens with one attached hydrogen (secondary N) is 2. The molecule has 0 aromatic heterocycles. The smallest absolute Gasteiger partial charge is 0.221 e. The van der Waals surface area contributed by atoms with Crippen molar-refractivity contribution in [2.75, 3.05) is 31.6 Å². The second kappa shape index (κ2) is 7.96. The van der Waals surface area contributed by atoms with Gasteiger partial charge in [0.05, 0.1) is 5.60 Å². The van der Waals surface area contributed by atoms with E-state index in [4.69, 9.17) is 0 Å². The fourth-order valence-electron chi connectivity index (χ4n) is 1.12. The SMILES string of the molecule is CCNCCC(=O)NCC(C)(O)CSC. The molecule has 4 nitrogen and oxygen atoms in total. The number of hydrogen-bond donors (Lipinski definition) is 3. The molecule has 1 atom stereocenters. The molecule has 0 saturated heterocycles. The molecule has 15 heavy (non-hydrogen) atoms. The van der Waals surface area contributed by atoms with E-state index >= 15 is 0 Å². The van der Waals surface area contributed by atoms with E-state index in [0.29, 0.717) is 25.3 Å². The van der Waals surface area contributed by atoms with Crippen LogP contribution in [0.5, 0.6) is 0 Å². The second-order valence-electron chi connectivity index (χ2n) is 3.81. The minimum Gasteiger partial charge on any atom is -0.387 e. The van der Waals surface area contributed by atoms with E-state index in [-0.39, 0.29) is 5.91 Å². The molecule has 0 aliphatic rings. The lowest BCUT2D eigenvalue weighted by Gasteiger charge is -2.22. The Kier molecular flexibility index (Phi) is 7.82. The summed E-state index contributed by atoms with van der Waals surface area (Å²) in [7, 11) is 0. The van der Waals surface area contributed by atoms with E-state index in [2.05, 4.69) is 10.6 Å². The van der Waals surface area contributed by atoms with E-state index in [1.54, 1.807) is 18.7 Å². The average molecular weight is 234 g/mol. The molecule has 0 aromatic carbocycles. The molecule has 3 N–H and O–H groups in total. The van der Waals surface area contributed by atoms with Crippen molar-refractivity contribution in [2.45, 2.75) is 25.9 Å². The average Bonchev–Trinajstić information content (AvgIpc) is 2.15. The standard InChI is InChI=1S/C10H22N2O2S/c1-4-11-6-5-9(13)12-7-10(2,14)8-15-3/h11,14H,4-8H2,1-3H3,(H,12,13). The Hall–Kier alpha value is -0.260. The summed E-state index contributed by atoms with van der Waals surface area (Å²) in [5, 5.41) is 15.6. The molecule has 0 bridgehead atoms. The lowest BCUT2D eigenvalue weighted by molar-refractivity contribution is -0.121. The highest BCUT2D eigenvalue weighted by atomic mass is 32.2. The first-order valence-electron chi connectivity index (χ1n) is 5.20. The van der Waals surface area contributed by atoms with E-state index in [1.165, 1.54) is 0 Å². The lowest BCUT2D eigenvalue weighted by Crippen LogP contribution is -2.43. The summed E-state index contributed by atoms with van der Waals surface area (Å²) in [5.41, 5.74) is -0.812.